The van der Waals surface area contributed by atoms with Crippen LogP contribution in [0.3, 0.4) is 0 Å². The van der Waals surface area contributed by atoms with Crippen LogP contribution < -0.4 is 0 Å². The van der Waals surface area contributed by atoms with Gasteiger partial charge in [0.1, 0.15) is 6.04 Å². The zero-order chi connectivity index (χ0) is 17.9. The van der Waals surface area contributed by atoms with Gasteiger partial charge in [-0.25, -0.2) is 0 Å². The molecule has 1 saturated heterocycles. The molecule has 2 aromatic carbocycles. The first-order valence-electron chi connectivity index (χ1n) is 8.95. The number of hydrogen-bond donors (Lipinski definition) is 0. The van der Waals surface area contributed by atoms with Gasteiger partial charge in [0.2, 0.25) is 17.6 Å². The molecule has 1 aromatic heterocycles. The monoisotopic (exact) mass is 347 g/mol. The van der Waals surface area contributed by atoms with Crippen molar-refractivity contribution in [2.75, 3.05) is 6.54 Å². The van der Waals surface area contributed by atoms with Gasteiger partial charge in [-0.1, -0.05) is 65.3 Å². The zero-order valence-electron chi connectivity index (χ0n) is 14.8. The van der Waals surface area contributed by atoms with Crippen LogP contribution in [0.25, 0.3) is 11.4 Å². The Morgan fingerprint density at radius 3 is 2.69 bits per heavy atom. The van der Waals surface area contributed by atoms with E-state index in [4.69, 9.17) is 4.52 Å². The van der Waals surface area contributed by atoms with Crippen molar-refractivity contribution < 1.29 is 9.32 Å². The number of rotatable bonds is 4. The van der Waals surface area contributed by atoms with Crippen molar-refractivity contribution in [2.45, 2.75) is 32.2 Å². The summed E-state index contributed by atoms with van der Waals surface area (Å²) in [5, 5.41) is 4.11. The van der Waals surface area contributed by atoms with Gasteiger partial charge in [0, 0.05) is 12.1 Å². The predicted molar refractivity (Wildman–Crippen MR) is 98.3 cm³/mol. The number of benzene rings is 2. The molecular weight excluding hydrogens is 326 g/mol. The Morgan fingerprint density at radius 2 is 1.92 bits per heavy atom. The minimum Gasteiger partial charge on any atom is -0.337 e. The predicted octanol–water partition coefficient (Wildman–Crippen LogP) is 3.95. The molecule has 0 saturated carbocycles. The summed E-state index contributed by atoms with van der Waals surface area (Å²) in [6.07, 6.45) is 2.21. The van der Waals surface area contributed by atoms with Crippen molar-refractivity contribution in [3.8, 4) is 11.4 Å². The lowest BCUT2D eigenvalue weighted by atomic mass is 10.1. The molecule has 3 aromatic rings. The fraction of sp³-hybridized carbons (Fsp3) is 0.286. The highest BCUT2D eigenvalue weighted by molar-refractivity contribution is 5.79. The number of aryl methyl sites for hydroxylation is 1. The second kappa shape index (κ2) is 7.12. The molecule has 4 rings (SSSR count). The van der Waals surface area contributed by atoms with Gasteiger partial charge in [-0.05, 0) is 25.3 Å². The van der Waals surface area contributed by atoms with E-state index < -0.39 is 0 Å². The average Bonchev–Trinajstić information content (AvgIpc) is 3.32. The molecule has 2 heterocycles. The lowest BCUT2D eigenvalue weighted by Gasteiger charge is -2.21. The number of likely N-dealkylation sites (tertiary alicyclic amines) is 1. The lowest BCUT2D eigenvalue weighted by molar-refractivity contribution is -0.131. The van der Waals surface area contributed by atoms with Crippen LogP contribution in [0.1, 0.15) is 35.9 Å². The van der Waals surface area contributed by atoms with E-state index >= 15 is 0 Å². The Kier molecular flexibility index (Phi) is 4.52. The Balaban J connectivity index is 1.51. The molecule has 0 aliphatic carbocycles. The van der Waals surface area contributed by atoms with Crippen LogP contribution in [0.5, 0.6) is 0 Å². The lowest BCUT2D eigenvalue weighted by Crippen LogP contribution is -2.32. The van der Waals surface area contributed by atoms with Gasteiger partial charge < -0.3 is 9.42 Å². The van der Waals surface area contributed by atoms with Crippen LogP contribution >= 0.6 is 0 Å². The Labute approximate surface area is 152 Å². The van der Waals surface area contributed by atoms with E-state index in [1.54, 1.807) is 0 Å². The van der Waals surface area contributed by atoms with Crippen LogP contribution in [-0.4, -0.2) is 27.5 Å². The van der Waals surface area contributed by atoms with Crippen LogP contribution in [0.15, 0.2) is 59.1 Å². The van der Waals surface area contributed by atoms with Crippen LogP contribution in [0.2, 0.25) is 0 Å². The summed E-state index contributed by atoms with van der Waals surface area (Å²) in [4.78, 5) is 19.2. The van der Waals surface area contributed by atoms with Crippen molar-refractivity contribution in [2.24, 2.45) is 0 Å². The second-order valence-corrected chi connectivity index (χ2v) is 6.73. The molecule has 0 N–H and O–H groups in total. The van der Waals surface area contributed by atoms with Crippen molar-refractivity contribution in [3.05, 3.63) is 71.6 Å². The summed E-state index contributed by atoms with van der Waals surface area (Å²) in [6, 6.07) is 17.7. The normalized spacial score (nSPS) is 16.8. The summed E-state index contributed by atoms with van der Waals surface area (Å²) in [6.45, 7) is 2.78. The molecule has 1 aliphatic heterocycles. The first kappa shape index (κ1) is 16.5. The minimum atomic E-state index is -0.127. The fourth-order valence-corrected chi connectivity index (χ4v) is 3.38. The maximum Gasteiger partial charge on any atom is 0.249 e. The van der Waals surface area contributed by atoms with Gasteiger partial charge in [0.05, 0.1) is 6.42 Å². The molecule has 0 unspecified atom stereocenters. The molecule has 0 radical (unpaired) electrons. The minimum absolute atomic E-state index is 0.105. The van der Waals surface area contributed by atoms with Gasteiger partial charge in [-0.3, -0.25) is 4.79 Å². The van der Waals surface area contributed by atoms with Gasteiger partial charge in [-0.2, -0.15) is 4.98 Å². The molecule has 26 heavy (non-hydrogen) atoms. The van der Waals surface area contributed by atoms with Crippen LogP contribution in [0, 0.1) is 6.92 Å². The van der Waals surface area contributed by atoms with E-state index in [-0.39, 0.29) is 11.9 Å². The van der Waals surface area contributed by atoms with Gasteiger partial charge >= 0.3 is 0 Å². The van der Waals surface area contributed by atoms with E-state index in [2.05, 4.69) is 10.1 Å². The summed E-state index contributed by atoms with van der Waals surface area (Å²) in [7, 11) is 0. The summed E-state index contributed by atoms with van der Waals surface area (Å²) in [5.74, 6) is 1.20. The Hall–Kier alpha value is -2.95. The zero-order valence-corrected chi connectivity index (χ0v) is 14.8. The van der Waals surface area contributed by atoms with E-state index in [1.165, 1.54) is 5.56 Å². The molecule has 1 fully saturated rings. The molecule has 132 valence electrons. The van der Waals surface area contributed by atoms with Gasteiger partial charge in [0.15, 0.2) is 0 Å². The number of carbonyl (C=O) groups excluding carboxylic acids is 1. The van der Waals surface area contributed by atoms with Crippen molar-refractivity contribution in [3.63, 3.8) is 0 Å². The topological polar surface area (TPSA) is 59.2 Å². The largest absolute Gasteiger partial charge is 0.337 e. The maximum absolute atomic E-state index is 12.7. The molecule has 5 heteroatoms. The van der Waals surface area contributed by atoms with Crippen LogP contribution in [0.4, 0.5) is 0 Å². The maximum atomic E-state index is 12.7. The van der Waals surface area contributed by atoms with E-state index in [0.717, 1.165) is 30.5 Å². The third-order valence-corrected chi connectivity index (χ3v) is 4.81. The van der Waals surface area contributed by atoms with Crippen LogP contribution in [-0.2, 0) is 11.2 Å². The summed E-state index contributed by atoms with van der Waals surface area (Å²) >= 11 is 0. The molecule has 0 spiro atoms. The Bertz CT molecular complexity index is 887. The summed E-state index contributed by atoms with van der Waals surface area (Å²) < 4.78 is 5.51. The molecule has 0 bridgehead atoms. The number of nitrogens with zero attached hydrogens (tertiary/aromatic N) is 3. The first-order chi connectivity index (χ1) is 12.7. The quantitative estimate of drug-likeness (QED) is 0.717. The van der Waals surface area contributed by atoms with Gasteiger partial charge in [0.25, 0.3) is 0 Å². The second-order valence-electron chi connectivity index (χ2n) is 6.73. The summed E-state index contributed by atoms with van der Waals surface area (Å²) in [5.41, 5.74) is 3.13. The fourth-order valence-electron chi connectivity index (χ4n) is 3.38. The van der Waals surface area contributed by atoms with E-state index in [0.29, 0.717) is 18.1 Å². The molecule has 1 atom stereocenters. The molecular formula is C21H21N3O2. The van der Waals surface area contributed by atoms with Crippen molar-refractivity contribution in [1.82, 2.24) is 15.0 Å². The Morgan fingerprint density at radius 1 is 1.15 bits per heavy atom. The molecule has 1 amide bonds. The highest BCUT2D eigenvalue weighted by Gasteiger charge is 2.33. The first-order valence-corrected chi connectivity index (χ1v) is 8.95. The third kappa shape index (κ3) is 3.38. The smallest absolute Gasteiger partial charge is 0.249 e. The average molecular weight is 347 g/mol. The number of aromatic nitrogens is 2. The van der Waals surface area contributed by atoms with E-state index in [9.17, 15) is 4.79 Å². The van der Waals surface area contributed by atoms with Gasteiger partial charge in [-0.15, -0.1) is 0 Å². The van der Waals surface area contributed by atoms with Crippen molar-refractivity contribution >= 4 is 5.91 Å². The van der Waals surface area contributed by atoms with E-state index in [1.807, 2.05) is 66.4 Å². The molecule has 5 nitrogen and oxygen atoms in total. The highest BCUT2D eigenvalue weighted by atomic mass is 16.5. The number of carbonyl (C=O) groups is 1. The third-order valence-electron chi connectivity index (χ3n) is 4.81. The SMILES string of the molecule is Cc1ccc(-c2noc([C@@H]3CCCN3C(=O)Cc3ccccc3)n2)cc1. The highest BCUT2D eigenvalue weighted by Crippen LogP contribution is 2.32. The number of amides is 1. The number of hydrogen-bond acceptors (Lipinski definition) is 4. The van der Waals surface area contributed by atoms with Crippen molar-refractivity contribution in [1.29, 1.82) is 0 Å². The standard InChI is InChI=1S/C21H21N3O2/c1-15-9-11-17(12-10-15)20-22-21(26-23-20)18-8-5-13-24(18)19(25)14-16-6-3-2-4-7-16/h2-4,6-7,9-12,18H,5,8,13-14H2,1H3/t18-/m0/s1. The molecule has 1 aliphatic rings.